The van der Waals surface area contributed by atoms with Crippen molar-refractivity contribution in [3.05, 3.63) is 12.2 Å². The summed E-state index contributed by atoms with van der Waals surface area (Å²) in [6.07, 6.45) is 12.0. The number of nitrogens with one attached hydrogen (secondary N) is 1. The second-order valence-electron chi connectivity index (χ2n) is 4.48. The monoisotopic (exact) mass is 237 g/mol. The zero-order valence-corrected chi connectivity index (χ0v) is 10.7. The molecule has 0 unspecified atom stereocenters. The molecule has 0 aromatic carbocycles. The molecule has 1 rings (SSSR count). The van der Waals surface area contributed by atoms with Gasteiger partial charge in [-0.05, 0) is 6.42 Å². The van der Waals surface area contributed by atoms with Gasteiger partial charge in [0.1, 0.15) is 6.33 Å². The highest BCUT2D eigenvalue weighted by molar-refractivity contribution is 5.92. The highest BCUT2D eigenvalue weighted by Gasteiger charge is 2.07. The Kier molecular flexibility index (Phi) is 7.27. The maximum Gasteiger partial charge on any atom is 0.199 e. The maximum atomic E-state index is 11.5. The van der Waals surface area contributed by atoms with Crippen molar-refractivity contribution in [3.8, 4) is 0 Å². The highest BCUT2D eigenvalue weighted by atomic mass is 16.1. The molecule has 4 heteroatoms. The molecule has 1 N–H and O–H groups in total. The number of hydrogen-bond donors (Lipinski definition) is 1. The smallest absolute Gasteiger partial charge is 0.199 e. The van der Waals surface area contributed by atoms with Gasteiger partial charge < -0.3 is 0 Å². The molecule has 0 fully saturated rings. The summed E-state index contributed by atoms with van der Waals surface area (Å²) in [5.74, 6) is 0.474. The Morgan fingerprint density at radius 2 is 1.76 bits per heavy atom. The van der Waals surface area contributed by atoms with Gasteiger partial charge >= 0.3 is 0 Å². The Hall–Kier alpha value is -1.19. The second-order valence-corrected chi connectivity index (χ2v) is 4.48. The average Bonchev–Trinajstić information content (AvgIpc) is 2.86. The van der Waals surface area contributed by atoms with Gasteiger partial charge in [0.05, 0.1) is 0 Å². The van der Waals surface area contributed by atoms with Crippen LogP contribution in [0.5, 0.6) is 0 Å². The summed E-state index contributed by atoms with van der Waals surface area (Å²) >= 11 is 0. The quantitative estimate of drug-likeness (QED) is 0.500. The van der Waals surface area contributed by atoms with Crippen LogP contribution in [0.1, 0.15) is 75.3 Å². The van der Waals surface area contributed by atoms with Crippen LogP contribution in [-0.4, -0.2) is 21.0 Å². The molecule has 0 spiro atoms. The molecule has 0 saturated heterocycles. The first-order valence-corrected chi connectivity index (χ1v) is 6.73. The minimum atomic E-state index is 0.0773. The van der Waals surface area contributed by atoms with Gasteiger partial charge in [0.2, 0.25) is 0 Å². The molecular formula is C13H23N3O. The summed E-state index contributed by atoms with van der Waals surface area (Å²) < 4.78 is 0. The number of Topliss-reactive ketones (excluding diaryl/α,β-unsaturated/α-hetero) is 1. The predicted octanol–water partition coefficient (Wildman–Crippen LogP) is 3.52. The lowest BCUT2D eigenvalue weighted by Crippen LogP contribution is -2.01. The largest absolute Gasteiger partial charge is 0.291 e. The lowest BCUT2D eigenvalue weighted by molar-refractivity contribution is 0.0969. The van der Waals surface area contributed by atoms with Crippen molar-refractivity contribution >= 4 is 5.78 Å². The molecule has 1 aromatic heterocycles. The molecule has 96 valence electrons. The second kappa shape index (κ2) is 8.90. The fourth-order valence-electron chi connectivity index (χ4n) is 1.88. The number of unbranched alkanes of at least 4 members (excludes halogenated alkanes) is 7. The van der Waals surface area contributed by atoms with E-state index in [2.05, 4.69) is 22.1 Å². The summed E-state index contributed by atoms with van der Waals surface area (Å²) in [5.41, 5.74) is 0. The van der Waals surface area contributed by atoms with E-state index in [0.717, 1.165) is 12.8 Å². The summed E-state index contributed by atoms with van der Waals surface area (Å²) in [6, 6.07) is 0. The van der Waals surface area contributed by atoms with Crippen molar-refractivity contribution in [2.24, 2.45) is 0 Å². The van der Waals surface area contributed by atoms with Crippen LogP contribution in [-0.2, 0) is 0 Å². The molecule has 0 aliphatic heterocycles. The third-order valence-corrected chi connectivity index (χ3v) is 2.94. The van der Waals surface area contributed by atoms with Gasteiger partial charge in [-0.3, -0.25) is 9.89 Å². The zero-order valence-electron chi connectivity index (χ0n) is 10.7. The first-order chi connectivity index (χ1) is 8.34. The highest BCUT2D eigenvalue weighted by Crippen LogP contribution is 2.10. The molecule has 0 atom stereocenters. The van der Waals surface area contributed by atoms with Crippen molar-refractivity contribution in [2.75, 3.05) is 0 Å². The number of carbonyl (C=O) groups is 1. The molecular weight excluding hydrogens is 214 g/mol. The Morgan fingerprint density at radius 3 is 2.35 bits per heavy atom. The van der Waals surface area contributed by atoms with Crippen molar-refractivity contribution in [1.29, 1.82) is 0 Å². The van der Waals surface area contributed by atoms with Gasteiger partial charge in [-0.1, -0.05) is 51.9 Å². The number of nitrogens with zero attached hydrogens (tertiary/aromatic N) is 2. The number of rotatable bonds is 10. The van der Waals surface area contributed by atoms with Crippen LogP contribution in [0.25, 0.3) is 0 Å². The van der Waals surface area contributed by atoms with Gasteiger partial charge in [-0.15, -0.1) is 0 Å². The van der Waals surface area contributed by atoms with E-state index in [-0.39, 0.29) is 5.78 Å². The van der Waals surface area contributed by atoms with Crippen molar-refractivity contribution < 1.29 is 4.79 Å². The summed E-state index contributed by atoms with van der Waals surface area (Å²) in [6.45, 7) is 2.23. The van der Waals surface area contributed by atoms with Crippen LogP contribution in [0.2, 0.25) is 0 Å². The number of aromatic nitrogens is 3. The van der Waals surface area contributed by atoms with E-state index in [0.29, 0.717) is 12.2 Å². The Bertz CT molecular complexity index is 296. The number of aromatic amines is 1. The van der Waals surface area contributed by atoms with E-state index in [1.165, 1.54) is 44.9 Å². The van der Waals surface area contributed by atoms with E-state index in [1.54, 1.807) is 0 Å². The number of hydrogen-bond acceptors (Lipinski definition) is 3. The summed E-state index contributed by atoms with van der Waals surface area (Å²) in [5, 5.41) is 6.27. The summed E-state index contributed by atoms with van der Waals surface area (Å²) in [7, 11) is 0. The van der Waals surface area contributed by atoms with Crippen LogP contribution in [0.15, 0.2) is 6.33 Å². The normalized spacial score (nSPS) is 10.6. The van der Waals surface area contributed by atoms with Crippen LogP contribution < -0.4 is 0 Å². The third kappa shape index (κ3) is 6.19. The van der Waals surface area contributed by atoms with E-state index in [4.69, 9.17) is 0 Å². The van der Waals surface area contributed by atoms with Crippen LogP contribution >= 0.6 is 0 Å². The van der Waals surface area contributed by atoms with Crippen molar-refractivity contribution in [3.63, 3.8) is 0 Å². The van der Waals surface area contributed by atoms with Gasteiger partial charge in [-0.2, -0.15) is 5.10 Å². The Balaban J connectivity index is 1.92. The van der Waals surface area contributed by atoms with Crippen LogP contribution in [0.4, 0.5) is 0 Å². The van der Waals surface area contributed by atoms with Crippen LogP contribution in [0.3, 0.4) is 0 Å². The number of carbonyl (C=O) groups excluding carboxylic acids is 1. The van der Waals surface area contributed by atoms with Crippen LogP contribution in [0, 0.1) is 0 Å². The Morgan fingerprint density at radius 1 is 1.12 bits per heavy atom. The van der Waals surface area contributed by atoms with Gasteiger partial charge in [0.25, 0.3) is 0 Å². The molecule has 0 bridgehead atoms. The first-order valence-electron chi connectivity index (χ1n) is 6.73. The average molecular weight is 237 g/mol. The third-order valence-electron chi connectivity index (χ3n) is 2.94. The van der Waals surface area contributed by atoms with Gasteiger partial charge in [0, 0.05) is 6.42 Å². The molecule has 0 radical (unpaired) electrons. The molecule has 17 heavy (non-hydrogen) atoms. The molecule has 1 heterocycles. The van der Waals surface area contributed by atoms with E-state index < -0.39 is 0 Å². The molecule has 1 aromatic rings. The van der Waals surface area contributed by atoms with Crippen molar-refractivity contribution in [1.82, 2.24) is 15.2 Å². The molecule has 0 aliphatic carbocycles. The fourth-order valence-corrected chi connectivity index (χ4v) is 1.88. The molecule has 0 aliphatic rings. The molecule has 4 nitrogen and oxygen atoms in total. The molecule has 0 amide bonds. The fraction of sp³-hybridized carbons (Fsp3) is 0.769. The van der Waals surface area contributed by atoms with Gasteiger partial charge in [0.15, 0.2) is 11.6 Å². The molecule has 0 saturated carbocycles. The predicted molar refractivity (Wildman–Crippen MR) is 67.9 cm³/mol. The lowest BCUT2D eigenvalue weighted by atomic mass is 10.1. The SMILES string of the molecule is CCCCCCCCCCC(=O)c1ncn[nH]1. The number of H-pyrrole nitrogens is 1. The standard InChI is InChI=1S/C13H23N3O/c1-2-3-4-5-6-7-8-9-10-12(17)13-14-11-15-16-13/h11H,2-10H2,1H3,(H,14,15,16). The minimum absolute atomic E-state index is 0.0773. The van der Waals surface area contributed by atoms with Gasteiger partial charge in [-0.25, -0.2) is 4.98 Å². The van der Waals surface area contributed by atoms with E-state index >= 15 is 0 Å². The summed E-state index contributed by atoms with van der Waals surface area (Å²) in [4.78, 5) is 15.4. The Labute approximate surface area is 103 Å². The lowest BCUT2D eigenvalue weighted by Gasteiger charge is -2.00. The minimum Gasteiger partial charge on any atom is -0.291 e. The maximum absolute atomic E-state index is 11.5. The number of ketones is 1. The first kappa shape index (κ1) is 13.9. The van der Waals surface area contributed by atoms with E-state index in [1.807, 2.05) is 0 Å². The van der Waals surface area contributed by atoms with Crippen molar-refractivity contribution in [2.45, 2.75) is 64.7 Å². The zero-order chi connectivity index (χ0) is 12.3. The topological polar surface area (TPSA) is 58.6 Å². The van der Waals surface area contributed by atoms with E-state index in [9.17, 15) is 4.79 Å².